The third-order valence-electron chi connectivity index (χ3n) is 7.42. The van der Waals surface area contributed by atoms with E-state index in [1.54, 1.807) is 7.11 Å². The van der Waals surface area contributed by atoms with E-state index in [9.17, 15) is 18.0 Å². The number of ether oxygens (including phenoxy) is 1. The fourth-order valence-corrected chi connectivity index (χ4v) is 5.21. The number of benzene rings is 1. The van der Waals surface area contributed by atoms with Crippen LogP contribution in [0.5, 0.6) is 5.75 Å². The van der Waals surface area contributed by atoms with Gasteiger partial charge in [0.05, 0.1) is 12.8 Å². The third kappa shape index (κ3) is 7.67. The molecule has 1 aromatic heterocycles. The van der Waals surface area contributed by atoms with Gasteiger partial charge in [-0.15, -0.1) is 0 Å². The molecule has 2 unspecified atom stereocenters. The van der Waals surface area contributed by atoms with Gasteiger partial charge in [0.2, 0.25) is 11.9 Å². The van der Waals surface area contributed by atoms with Gasteiger partial charge in [-0.2, -0.15) is 18.2 Å². The monoisotopic (exact) mass is 563 g/mol. The molecule has 2 atom stereocenters. The van der Waals surface area contributed by atoms with Crippen LogP contribution in [-0.4, -0.2) is 73.2 Å². The zero-order valence-corrected chi connectivity index (χ0v) is 23.6. The number of nitrogens with one attached hydrogen (secondary N) is 3. The van der Waals surface area contributed by atoms with Crippen LogP contribution in [-0.2, 0) is 11.0 Å². The van der Waals surface area contributed by atoms with Crippen LogP contribution in [0.25, 0.3) is 0 Å². The number of methoxy groups -OCH3 is 1. The minimum atomic E-state index is -4.65. The van der Waals surface area contributed by atoms with Gasteiger partial charge >= 0.3 is 6.18 Å². The number of amides is 1. The first kappa shape index (κ1) is 29.7. The zero-order chi connectivity index (χ0) is 28.9. The van der Waals surface area contributed by atoms with E-state index in [0.717, 1.165) is 50.9 Å². The molecule has 1 aliphatic carbocycles. The Morgan fingerprint density at radius 1 is 1.12 bits per heavy atom. The number of anilines is 4. The first-order valence-corrected chi connectivity index (χ1v) is 13.9. The highest BCUT2D eigenvalue weighted by atomic mass is 19.4. The summed E-state index contributed by atoms with van der Waals surface area (Å²) in [4.78, 5) is 25.2. The van der Waals surface area contributed by atoms with Crippen molar-refractivity contribution in [3.8, 4) is 5.75 Å². The molecule has 0 radical (unpaired) electrons. The van der Waals surface area contributed by atoms with Gasteiger partial charge in [0.1, 0.15) is 17.1 Å². The first-order valence-electron chi connectivity index (χ1n) is 13.9. The molecule has 1 aromatic carbocycles. The highest BCUT2D eigenvalue weighted by molar-refractivity contribution is 5.76. The SMILES string of the molecule is COc1cc(N2CCN(C)CC2)ccc1Nc1ncc(C(F)(F)F)c(NC2CCCCC2NC(=O)CC(C)C)n1. The second kappa shape index (κ2) is 12.9. The molecule has 0 bridgehead atoms. The van der Waals surface area contributed by atoms with Crippen LogP contribution in [0, 0.1) is 5.92 Å². The Balaban J connectivity index is 1.55. The summed E-state index contributed by atoms with van der Waals surface area (Å²) in [5.41, 5.74) is 0.602. The Bertz CT molecular complexity index is 1150. The van der Waals surface area contributed by atoms with Gasteiger partial charge < -0.3 is 30.5 Å². The van der Waals surface area contributed by atoms with E-state index in [2.05, 4.69) is 42.8 Å². The van der Waals surface area contributed by atoms with E-state index in [1.807, 2.05) is 32.0 Å². The smallest absolute Gasteiger partial charge is 0.421 e. The lowest BCUT2D eigenvalue weighted by Gasteiger charge is -2.34. The lowest BCUT2D eigenvalue weighted by Crippen LogP contribution is -2.49. The van der Waals surface area contributed by atoms with Crippen molar-refractivity contribution >= 4 is 29.0 Å². The molecular formula is C28H40F3N7O2. The number of hydrogen-bond donors (Lipinski definition) is 3. The van der Waals surface area contributed by atoms with Crippen molar-refractivity contribution in [3.05, 3.63) is 30.0 Å². The molecule has 2 fully saturated rings. The van der Waals surface area contributed by atoms with Crippen LogP contribution in [0.1, 0.15) is 51.5 Å². The van der Waals surface area contributed by atoms with Crippen LogP contribution in [0.2, 0.25) is 0 Å². The molecule has 1 saturated carbocycles. The largest absolute Gasteiger partial charge is 0.494 e. The van der Waals surface area contributed by atoms with Crippen molar-refractivity contribution < 1.29 is 22.7 Å². The van der Waals surface area contributed by atoms with Gasteiger partial charge in [0, 0.05) is 62.6 Å². The van der Waals surface area contributed by atoms with Crippen LogP contribution < -0.4 is 25.6 Å². The minimum absolute atomic E-state index is 0.0114. The summed E-state index contributed by atoms with van der Waals surface area (Å²) in [6.45, 7) is 7.61. The number of piperazine rings is 1. The maximum atomic E-state index is 13.9. The fourth-order valence-electron chi connectivity index (χ4n) is 5.21. The van der Waals surface area contributed by atoms with Crippen molar-refractivity contribution in [1.29, 1.82) is 0 Å². The number of aromatic nitrogens is 2. The minimum Gasteiger partial charge on any atom is -0.494 e. The molecule has 0 spiro atoms. The van der Waals surface area contributed by atoms with Crippen LogP contribution in [0.15, 0.2) is 24.4 Å². The molecule has 4 rings (SSSR count). The molecule has 3 N–H and O–H groups in total. The van der Waals surface area contributed by atoms with Crippen molar-refractivity contribution in [2.45, 2.75) is 64.2 Å². The second-order valence-corrected chi connectivity index (χ2v) is 11.1. The van der Waals surface area contributed by atoms with Gasteiger partial charge in [-0.1, -0.05) is 26.7 Å². The number of rotatable bonds is 9. The number of alkyl halides is 3. The summed E-state index contributed by atoms with van der Waals surface area (Å²) in [5, 5.41) is 9.06. The summed E-state index contributed by atoms with van der Waals surface area (Å²) >= 11 is 0. The van der Waals surface area contributed by atoms with Gasteiger partial charge in [-0.3, -0.25) is 4.79 Å². The maximum Gasteiger partial charge on any atom is 0.421 e. The summed E-state index contributed by atoms with van der Waals surface area (Å²) in [6.07, 6.45) is -0.423. The lowest BCUT2D eigenvalue weighted by atomic mass is 9.90. The first-order chi connectivity index (χ1) is 19.0. The van der Waals surface area contributed by atoms with Crippen LogP contribution in [0.4, 0.5) is 36.3 Å². The molecule has 1 aliphatic heterocycles. The van der Waals surface area contributed by atoms with Crippen LogP contribution in [0.3, 0.4) is 0 Å². The highest BCUT2D eigenvalue weighted by Gasteiger charge is 2.37. The lowest BCUT2D eigenvalue weighted by molar-refractivity contribution is -0.137. The standard InChI is InChI=1S/C28H40F3N7O2/c1-18(2)15-25(39)33-21-7-5-6-8-22(21)34-26-20(28(29,30)31)17-32-27(36-26)35-23-10-9-19(16-24(23)40-4)38-13-11-37(3)12-14-38/h9-10,16-18,21-22H,5-8,11-15H2,1-4H3,(H,33,39)(H2,32,34,35,36). The Morgan fingerprint density at radius 2 is 1.82 bits per heavy atom. The average molecular weight is 564 g/mol. The van der Waals surface area contributed by atoms with Crippen molar-refractivity contribution in [1.82, 2.24) is 20.2 Å². The number of halogens is 3. The highest BCUT2D eigenvalue weighted by Crippen LogP contribution is 2.37. The molecule has 40 heavy (non-hydrogen) atoms. The van der Waals surface area contributed by atoms with Crippen LogP contribution >= 0.6 is 0 Å². The summed E-state index contributed by atoms with van der Waals surface area (Å²) in [6, 6.07) is 5.01. The Kier molecular flexibility index (Phi) is 9.60. The van der Waals surface area contributed by atoms with Gasteiger partial charge in [-0.25, -0.2) is 4.98 Å². The molecule has 9 nitrogen and oxygen atoms in total. The number of nitrogens with zero attached hydrogens (tertiary/aromatic N) is 4. The molecule has 220 valence electrons. The normalized spacial score (nSPS) is 20.4. The molecule has 1 saturated heterocycles. The van der Waals surface area contributed by atoms with E-state index in [4.69, 9.17) is 4.74 Å². The van der Waals surface area contributed by atoms with Crippen molar-refractivity contribution in [2.75, 3.05) is 55.9 Å². The van der Waals surface area contributed by atoms with Crippen molar-refractivity contribution in [2.24, 2.45) is 5.92 Å². The van der Waals surface area contributed by atoms with Gasteiger partial charge in [0.15, 0.2) is 0 Å². The Labute approximate surface area is 233 Å². The third-order valence-corrected chi connectivity index (χ3v) is 7.42. The number of likely N-dealkylation sites (N-methyl/N-ethyl adjacent to an activating group) is 1. The molecule has 2 aliphatic rings. The number of carbonyl (C=O) groups excluding carboxylic acids is 1. The van der Waals surface area contributed by atoms with Gasteiger partial charge in [0.25, 0.3) is 0 Å². The topological polar surface area (TPSA) is 94.6 Å². The predicted molar refractivity (Wildman–Crippen MR) is 150 cm³/mol. The average Bonchev–Trinajstić information content (AvgIpc) is 2.89. The molecule has 12 heteroatoms. The predicted octanol–water partition coefficient (Wildman–Crippen LogP) is 4.88. The van der Waals surface area contributed by atoms with E-state index >= 15 is 0 Å². The Morgan fingerprint density at radius 3 is 2.48 bits per heavy atom. The second-order valence-electron chi connectivity index (χ2n) is 11.1. The summed E-state index contributed by atoms with van der Waals surface area (Å²) in [5.74, 6) is 0.330. The Hall–Kier alpha value is -3.28. The molecular weight excluding hydrogens is 523 g/mol. The van der Waals surface area contributed by atoms with Gasteiger partial charge in [-0.05, 0) is 37.9 Å². The van der Waals surface area contributed by atoms with E-state index in [1.165, 1.54) is 0 Å². The summed E-state index contributed by atoms with van der Waals surface area (Å²) in [7, 11) is 3.64. The summed E-state index contributed by atoms with van der Waals surface area (Å²) < 4.78 is 47.4. The molecule has 1 amide bonds. The number of hydrogen-bond acceptors (Lipinski definition) is 8. The molecule has 2 heterocycles. The maximum absolute atomic E-state index is 13.9. The molecule has 2 aromatic rings. The fraction of sp³-hybridized carbons (Fsp3) is 0.607. The quantitative estimate of drug-likeness (QED) is 0.397. The van der Waals surface area contributed by atoms with E-state index < -0.39 is 11.7 Å². The zero-order valence-electron chi connectivity index (χ0n) is 23.6. The number of carbonyl (C=O) groups is 1. The van der Waals surface area contributed by atoms with E-state index in [-0.39, 0.29) is 35.7 Å². The van der Waals surface area contributed by atoms with Crippen molar-refractivity contribution in [3.63, 3.8) is 0 Å². The van der Waals surface area contributed by atoms with E-state index in [0.29, 0.717) is 30.7 Å².